The monoisotopic (exact) mass is 345 g/mol. The lowest BCUT2D eigenvalue weighted by molar-refractivity contribution is -0.137. The maximum atomic E-state index is 13.2. The molecular weight excluding hydrogens is 325 g/mol. The van der Waals surface area contributed by atoms with Crippen molar-refractivity contribution in [3.05, 3.63) is 29.6 Å². The highest BCUT2D eigenvalue weighted by Gasteiger charge is 2.23. The van der Waals surface area contributed by atoms with E-state index >= 15 is 0 Å². The largest absolute Gasteiger partial charge is 0.357 e. The molecule has 7 nitrogen and oxygen atoms in total. The molecule has 2 amide bonds. The van der Waals surface area contributed by atoms with Crippen molar-refractivity contribution in [2.75, 3.05) is 20.6 Å². The van der Waals surface area contributed by atoms with E-state index in [2.05, 4.69) is 10.0 Å². The van der Waals surface area contributed by atoms with E-state index in [-0.39, 0.29) is 16.4 Å². The van der Waals surface area contributed by atoms with E-state index in [9.17, 15) is 22.4 Å². The van der Waals surface area contributed by atoms with Gasteiger partial charge in [0.1, 0.15) is 11.9 Å². The lowest BCUT2D eigenvalue weighted by Gasteiger charge is -2.23. The Morgan fingerprint density at radius 2 is 1.96 bits per heavy atom. The molecule has 1 aromatic rings. The van der Waals surface area contributed by atoms with Gasteiger partial charge in [0, 0.05) is 14.1 Å². The predicted octanol–water partition coefficient (Wildman–Crippen LogP) is 0.00532. The fourth-order valence-electron chi connectivity index (χ4n) is 1.75. The SMILES string of the molecule is CNC(=O)C(C)N(C)C(=O)CNS(=O)(=O)c1ccc(F)c(C)c1. The number of hydrogen-bond donors (Lipinski definition) is 2. The topological polar surface area (TPSA) is 95.6 Å². The van der Waals surface area contributed by atoms with Gasteiger partial charge in [-0.2, -0.15) is 0 Å². The second-order valence-corrected chi connectivity index (χ2v) is 6.80. The Bertz CT molecular complexity index is 706. The normalized spacial score (nSPS) is 12.6. The quantitative estimate of drug-likeness (QED) is 0.759. The van der Waals surface area contributed by atoms with E-state index in [0.717, 1.165) is 17.0 Å². The van der Waals surface area contributed by atoms with E-state index in [1.54, 1.807) is 0 Å². The van der Waals surface area contributed by atoms with Crippen LogP contribution in [0.2, 0.25) is 0 Å². The Labute approximate surface area is 134 Å². The lowest BCUT2D eigenvalue weighted by Crippen LogP contribution is -2.48. The molecule has 0 aliphatic heterocycles. The van der Waals surface area contributed by atoms with E-state index in [0.29, 0.717) is 0 Å². The number of rotatable bonds is 6. The molecule has 1 aromatic carbocycles. The summed E-state index contributed by atoms with van der Waals surface area (Å²) in [6.45, 7) is 2.46. The fourth-order valence-corrected chi connectivity index (χ4v) is 2.81. The number of sulfonamides is 1. The molecule has 0 aromatic heterocycles. The van der Waals surface area contributed by atoms with Crippen molar-refractivity contribution in [1.82, 2.24) is 14.9 Å². The molecule has 2 N–H and O–H groups in total. The zero-order valence-corrected chi connectivity index (χ0v) is 14.2. The van der Waals surface area contributed by atoms with Crippen molar-refractivity contribution < 1.29 is 22.4 Å². The lowest BCUT2D eigenvalue weighted by atomic mass is 10.2. The Hall–Kier alpha value is -2.00. The smallest absolute Gasteiger partial charge is 0.242 e. The van der Waals surface area contributed by atoms with Crippen molar-refractivity contribution in [2.24, 2.45) is 0 Å². The van der Waals surface area contributed by atoms with Crippen LogP contribution < -0.4 is 10.0 Å². The molecule has 0 aliphatic carbocycles. The van der Waals surface area contributed by atoms with Crippen molar-refractivity contribution in [2.45, 2.75) is 24.8 Å². The molecular formula is C14H20FN3O4S. The summed E-state index contributed by atoms with van der Waals surface area (Å²) in [6, 6.07) is 2.61. The molecule has 0 spiro atoms. The molecule has 0 aliphatic rings. The third kappa shape index (κ3) is 4.73. The second kappa shape index (κ2) is 7.51. The van der Waals surface area contributed by atoms with Crippen LogP contribution in [-0.2, 0) is 19.6 Å². The molecule has 128 valence electrons. The van der Waals surface area contributed by atoms with Gasteiger partial charge in [0.2, 0.25) is 21.8 Å². The highest BCUT2D eigenvalue weighted by molar-refractivity contribution is 7.89. The van der Waals surface area contributed by atoms with Crippen molar-refractivity contribution in [3.63, 3.8) is 0 Å². The van der Waals surface area contributed by atoms with Gasteiger partial charge in [-0.05, 0) is 37.6 Å². The van der Waals surface area contributed by atoms with Crippen LogP contribution in [0.5, 0.6) is 0 Å². The third-order valence-corrected chi connectivity index (χ3v) is 4.85. The summed E-state index contributed by atoms with van der Waals surface area (Å²) >= 11 is 0. The second-order valence-electron chi connectivity index (χ2n) is 5.03. The van der Waals surface area contributed by atoms with Crippen LogP contribution >= 0.6 is 0 Å². The van der Waals surface area contributed by atoms with E-state index in [4.69, 9.17) is 0 Å². The number of carbonyl (C=O) groups is 2. The minimum Gasteiger partial charge on any atom is -0.357 e. The Kier molecular flexibility index (Phi) is 6.22. The summed E-state index contributed by atoms with van der Waals surface area (Å²) < 4.78 is 39.5. The standard InChI is InChI=1S/C14H20FN3O4S/c1-9-7-11(5-6-12(9)15)23(21,22)17-8-13(19)18(4)10(2)14(20)16-3/h5-7,10,17H,8H2,1-4H3,(H,16,20). The Balaban J connectivity index is 2.77. The van der Waals surface area contributed by atoms with E-state index < -0.39 is 34.3 Å². The molecule has 1 rings (SSSR count). The van der Waals surface area contributed by atoms with Gasteiger partial charge in [-0.25, -0.2) is 17.5 Å². The summed E-state index contributed by atoms with van der Waals surface area (Å²) in [4.78, 5) is 24.4. The highest BCUT2D eigenvalue weighted by atomic mass is 32.2. The van der Waals surface area contributed by atoms with Crippen LogP contribution in [0.25, 0.3) is 0 Å². The van der Waals surface area contributed by atoms with Gasteiger partial charge < -0.3 is 10.2 Å². The van der Waals surface area contributed by atoms with Crippen molar-refractivity contribution in [3.8, 4) is 0 Å². The van der Waals surface area contributed by atoms with Gasteiger partial charge in [0.25, 0.3) is 0 Å². The molecule has 0 saturated carbocycles. The first kappa shape index (κ1) is 19.0. The molecule has 0 heterocycles. The average Bonchev–Trinajstić information content (AvgIpc) is 2.52. The maximum Gasteiger partial charge on any atom is 0.242 e. The summed E-state index contributed by atoms with van der Waals surface area (Å²) in [6.07, 6.45) is 0. The summed E-state index contributed by atoms with van der Waals surface area (Å²) in [5.74, 6) is -1.44. The van der Waals surface area contributed by atoms with Crippen LogP contribution in [0, 0.1) is 12.7 Å². The first-order valence-electron chi connectivity index (χ1n) is 6.83. The van der Waals surface area contributed by atoms with E-state index in [1.165, 1.54) is 34.0 Å². The zero-order valence-electron chi connectivity index (χ0n) is 13.4. The Morgan fingerprint density at radius 3 is 2.48 bits per heavy atom. The number of halogens is 1. The predicted molar refractivity (Wildman–Crippen MR) is 82.6 cm³/mol. The van der Waals surface area contributed by atoms with Crippen LogP contribution in [-0.4, -0.2) is 51.8 Å². The number of nitrogens with zero attached hydrogens (tertiary/aromatic N) is 1. The first-order chi connectivity index (χ1) is 10.6. The number of hydrogen-bond acceptors (Lipinski definition) is 4. The van der Waals surface area contributed by atoms with Crippen LogP contribution in [0.4, 0.5) is 4.39 Å². The molecule has 0 fully saturated rings. The molecule has 23 heavy (non-hydrogen) atoms. The average molecular weight is 345 g/mol. The van der Waals surface area contributed by atoms with Gasteiger partial charge in [0.05, 0.1) is 11.4 Å². The van der Waals surface area contributed by atoms with Gasteiger partial charge in [-0.3, -0.25) is 9.59 Å². The minimum absolute atomic E-state index is 0.133. The molecule has 1 atom stereocenters. The Morgan fingerprint density at radius 1 is 1.35 bits per heavy atom. The summed E-state index contributed by atoms with van der Waals surface area (Å²) in [5.41, 5.74) is 0.185. The van der Waals surface area contributed by atoms with Crippen LogP contribution in [0.1, 0.15) is 12.5 Å². The van der Waals surface area contributed by atoms with Crippen LogP contribution in [0.3, 0.4) is 0 Å². The molecule has 9 heteroatoms. The highest BCUT2D eigenvalue weighted by Crippen LogP contribution is 2.14. The maximum absolute atomic E-state index is 13.2. The third-order valence-electron chi connectivity index (χ3n) is 3.45. The van der Waals surface area contributed by atoms with Crippen molar-refractivity contribution in [1.29, 1.82) is 0 Å². The van der Waals surface area contributed by atoms with Gasteiger partial charge >= 0.3 is 0 Å². The minimum atomic E-state index is -3.94. The number of benzene rings is 1. The molecule has 0 saturated heterocycles. The van der Waals surface area contributed by atoms with Gasteiger partial charge in [0.15, 0.2) is 0 Å². The van der Waals surface area contributed by atoms with Gasteiger partial charge in [-0.1, -0.05) is 0 Å². The summed E-state index contributed by atoms with van der Waals surface area (Å²) in [7, 11) is -1.10. The van der Waals surface area contributed by atoms with Gasteiger partial charge in [-0.15, -0.1) is 0 Å². The van der Waals surface area contributed by atoms with Crippen molar-refractivity contribution >= 4 is 21.8 Å². The zero-order chi connectivity index (χ0) is 17.8. The number of amides is 2. The molecule has 0 radical (unpaired) electrons. The fraction of sp³-hybridized carbons (Fsp3) is 0.429. The molecule has 0 bridgehead atoms. The number of nitrogens with one attached hydrogen (secondary N) is 2. The first-order valence-corrected chi connectivity index (χ1v) is 8.31. The number of carbonyl (C=O) groups excluding carboxylic acids is 2. The number of aryl methyl sites for hydroxylation is 1. The molecule has 1 unspecified atom stereocenters. The number of likely N-dealkylation sites (N-methyl/N-ethyl adjacent to an activating group) is 2. The summed E-state index contributed by atoms with van der Waals surface area (Å²) in [5, 5.41) is 2.40. The van der Waals surface area contributed by atoms with E-state index in [1.807, 2.05) is 0 Å². The van der Waals surface area contributed by atoms with Crippen LogP contribution in [0.15, 0.2) is 23.1 Å².